The maximum atomic E-state index is 12.2. The molecule has 3 aromatic carbocycles. The Morgan fingerprint density at radius 2 is 1.71 bits per heavy atom. The summed E-state index contributed by atoms with van der Waals surface area (Å²) in [6.07, 6.45) is 6.05. The SMILES string of the molecule is Nc1ccccc1NC(=O)/C=C/c1cccc(CNCc2cccc(OC3CC3)c2)c1. The molecule has 1 fully saturated rings. The molecule has 1 saturated carbocycles. The van der Waals surface area contributed by atoms with Gasteiger partial charge in [-0.05, 0) is 59.9 Å². The standard InChI is InChI=1S/C26H27N3O2/c27-24-9-1-2-10-25(24)29-26(30)14-11-19-5-3-6-20(15-19)17-28-18-21-7-4-8-23(16-21)31-22-12-13-22/h1-11,14-16,22,28H,12-13,17-18,27H2,(H,29,30)/b14-11+. The highest BCUT2D eigenvalue weighted by Crippen LogP contribution is 2.27. The normalized spacial score (nSPS) is 13.3. The third kappa shape index (κ3) is 6.46. The van der Waals surface area contributed by atoms with Gasteiger partial charge in [-0.25, -0.2) is 0 Å². The number of nitrogen functional groups attached to an aromatic ring is 1. The van der Waals surface area contributed by atoms with Crippen molar-refractivity contribution in [3.8, 4) is 5.75 Å². The fourth-order valence-corrected chi connectivity index (χ4v) is 3.22. The van der Waals surface area contributed by atoms with Crippen molar-refractivity contribution in [1.29, 1.82) is 0 Å². The van der Waals surface area contributed by atoms with E-state index in [0.717, 1.165) is 42.8 Å². The molecule has 31 heavy (non-hydrogen) atoms. The zero-order chi connectivity index (χ0) is 21.5. The van der Waals surface area contributed by atoms with E-state index < -0.39 is 0 Å². The minimum atomic E-state index is -0.213. The van der Waals surface area contributed by atoms with Crippen LogP contribution in [0, 0.1) is 0 Å². The van der Waals surface area contributed by atoms with Gasteiger partial charge in [-0.15, -0.1) is 0 Å². The molecule has 1 amide bonds. The van der Waals surface area contributed by atoms with Crippen molar-refractivity contribution in [2.75, 3.05) is 11.1 Å². The number of amides is 1. The zero-order valence-corrected chi connectivity index (χ0v) is 17.4. The van der Waals surface area contributed by atoms with Crippen LogP contribution in [-0.4, -0.2) is 12.0 Å². The molecule has 5 nitrogen and oxygen atoms in total. The van der Waals surface area contributed by atoms with Crippen LogP contribution < -0.4 is 21.1 Å². The Morgan fingerprint density at radius 3 is 2.48 bits per heavy atom. The molecule has 0 radical (unpaired) electrons. The van der Waals surface area contributed by atoms with Crippen LogP contribution in [0.25, 0.3) is 6.08 Å². The lowest BCUT2D eigenvalue weighted by atomic mass is 10.1. The summed E-state index contributed by atoms with van der Waals surface area (Å²) < 4.78 is 5.86. The number of nitrogens with one attached hydrogen (secondary N) is 2. The number of benzene rings is 3. The number of carbonyl (C=O) groups excluding carboxylic acids is 1. The Bertz CT molecular complexity index is 1070. The molecule has 0 spiro atoms. The summed E-state index contributed by atoms with van der Waals surface area (Å²) in [7, 11) is 0. The fraction of sp³-hybridized carbons (Fsp3) is 0.192. The van der Waals surface area contributed by atoms with E-state index in [1.54, 1.807) is 18.2 Å². The summed E-state index contributed by atoms with van der Waals surface area (Å²) in [6.45, 7) is 1.50. The van der Waals surface area contributed by atoms with Crippen molar-refractivity contribution in [2.24, 2.45) is 0 Å². The number of rotatable bonds is 9. The number of carbonyl (C=O) groups is 1. The number of para-hydroxylation sites is 2. The van der Waals surface area contributed by atoms with E-state index in [0.29, 0.717) is 17.5 Å². The van der Waals surface area contributed by atoms with Crippen molar-refractivity contribution in [3.63, 3.8) is 0 Å². The van der Waals surface area contributed by atoms with Gasteiger partial charge in [-0.1, -0.05) is 48.5 Å². The summed E-state index contributed by atoms with van der Waals surface area (Å²) in [5.74, 6) is 0.735. The molecule has 3 aromatic rings. The van der Waals surface area contributed by atoms with Gasteiger partial charge in [0.1, 0.15) is 5.75 Å². The van der Waals surface area contributed by atoms with Gasteiger partial charge in [0.25, 0.3) is 0 Å². The van der Waals surface area contributed by atoms with Gasteiger partial charge in [-0.2, -0.15) is 0 Å². The Kier molecular flexibility index (Phi) is 6.65. The predicted molar refractivity (Wildman–Crippen MR) is 126 cm³/mol. The van der Waals surface area contributed by atoms with Crippen LogP contribution in [0.5, 0.6) is 5.75 Å². The molecule has 4 N–H and O–H groups in total. The van der Waals surface area contributed by atoms with E-state index in [2.05, 4.69) is 34.9 Å². The van der Waals surface area contributed by atoms with E-state index in [4.69, 9.17) is 10.5 Å². The van der Waals surface area contributed by atoms with Gasteiger partial charge < -0.3 is 21.1 Å². The molecule has 5 heteroatoms. The fourth-order valence-electron chi connectivity index (χ4n) is 3.22. The van der Waals surface area contributed by atoms with Crippen LogP contribution in [-0.2, 0) is 17.9 Å². The number of anilines is 2. The molecule has 0 bridgehead atoms. The molecule has 0 aliphatic heterocycles. The molecule has 4 rings (SSSR count). The first-order valence-corrected chi connectivity index (χ1v) is 10.5. The Labute approximate surface area is 182 Å². The molecule has 0 aromatic heterocycles. The molecule has 1 aliphatic rings. The van der Waals surface area contributed by atoms with Crippen molar-refractivity contribution in [2.45, 2.75) is 32.0 Å². The van der Waals surface area contributed by atoms with Crippen LogP contribution in [0.2, 0.25) is 0 Å². The predicted octanol–water partition coefficient (Wildman–Crippen LogP) is 4.75. The van der Waals surface area contributed by atoms with E-state index in [-0.39, 0.29) is 5.91 Å². The highest BCUT2D eigenvalue weighted by molar-refractivity contribution is 6.03. The van der Waals surface area contributed by atoms with E-state index >= 15 is 0 Å². The van der Waals surface area contributed by atoms with Crippen molar-refractivity contribution < 1.29 is 9.53 Å². The Hall–Kier alpha value is -3.57. The summed E-state index contributed by atoms with van der Waals surface area (Å²) in [6, 6.07) is 23.6. The molecule has 0 atom stereocenters. The van der Waals surface area contributed by atoms with Crippen LogP contribution in [0.4, 0.5) is 11.4 Å². The summed E-state index contributed by atoms with van der Waals surface area (Å²) in [5.41, 5.74) is 10.3. The largest absolute Gasteiger partial charge is 0.490 e. The highest BCUT2D eigenvalue weighted by Gasteiger charge is 2.23. The summed E-state index contributed by atoms with van der Waals surface area (Å²) in [5, 5.41) is 6.27. The topological polar surface area (TPSA) is 76.4 Å². The van der Waals surface area contributed by atoms with Gasteiger partial charge >= 0.3 is 0 Å². The van der Waals surface area contributed by atoms with Crippen LogP contribution >= 0.6 is 0 Å². The quantitative estimate of drug-likeness (QED) is 0.349. The first-order chi connectivity index (χ1) is 15.2. The average molecular weight is 414 g/mol. The van der Waals surface area contributed by atoms with E-state index in [1.807, 2.05) is 36.4 Å². The third-order valence-corrected chi connectivity index (χ3v) is 4.98. The van der Waals surface area contributed by atoms with Gasteiger partial charge in [0.2, 0.25) is 5.91 Å². The highest BCUT2D eigenvalue weighted by atomic mass is 16.5. The molecular formula is C26H27N3O2. The minimum Gasteiger partial charge on any atom is -0.490 e. The van der Waals surface area contributed by atoms with E-state index in [9.17, 15) is 4.79 Å². The van der Waals surface area contributed by atoms with Gasteiger partial charge in [0.05, 0.1) is 17.5 Å². The lowest BCUT2D eigenvalue weighted by Crippen LogP contribution is -2.12. The van der Waals surface area contributed by atoms with Gasteiger partial charge in [0.15, 0.2) is 0 Å². The monoisotopic (exact) mass is 413 g/mol. The summed E-state index contributed by atoms with van der Waals surface area (Å²) >= 11 is 0. The van der Waals surface area contributed by atoms with Crippen molar-refractivity contribution >= 4 is 23.4 Å². The lowest BCUT2D eigenvalue weighted by Gasteiger charge is -2.09. The maximum absolute atomic E-state index is 12.2. The lowest BCUT2D eigenvalue weighted by molar-refractivity contribution is -0.111. The molecule has 0 saturated heterocycles. The first-order valence-electron chi connectivity index (χ1n) is 10.5. The van der Waals surface area contributed by atoms with Crippen molar-refractivity contribution in [1.82, 2.24) is 5.32 Å². The van der Waals surface area contributed by atoms with E-state index in [1.165, 1.54) is 11.6 Å². The second-order valence-electron chi connectivity index (χ2n) is 7.72. The summed E-state index contributed by atoms with van der Waals surface area (Å²) in [4.78, 5) is 12.2. The molecule has 0 unspecified atom stereocenters. The molecule has 158 valence electrons. The molecule has 1 aliphatic carbocycles. The first kappa shape index (κ1) is 20.7. The third-order valence-electron chi connectivity index (χ3n) is 4.98. The second kappa shape index (κ2) is 9.96. The average Bonchev–Trinajstić information content (AvgIpc) is 3.59. The Morgan fingerprint density at radius 1 is 0.968 bits per heavy atom. The zero-order valence-electron chi connectivity index (χ0n) is 17.4. The second-order valence-corrected chi connectivity index (χ2v) is 7.72. The molecular weight excluding hydrogens is 386 g/mol. The molecule has 0 heterocycles. The van der Waals surface area contributed by atoms with Crippen molar-refractivity contribution in [3.05, 3.63) is 95.6 Å². The number of ether oxygens (including phenoxy) is 1. The number of hydrogen-bond donors (Lipinski definition) is 3. The Balaban J connectivity index is 1.28. The van der Waals surface area contributed by atoms with Crippen LogP contribution in [0.3, 0.4) is 0 Å². The van der Waals surface area contributed by atoms with Gasteiger partial charge in [0, 0.05) is 19.2 Å². The smallest absolute Gasteiger partial charge is 0.248 e. The number of nitrogens with two attached hydrogens (primary N) is 1. The number of hydrogen-bond acceptors (Lipinski definition) is 4. The van der Waals surface area contributed by atoms with Crippen LogP contribution in [0.1, 0.15) is 29.5 Å². The van der Waals surface area contributed by atoms with Gasteiger partial charge in [-0.3, -0.25) is 4.79 Å². The maximum Gasteiger partial charge on any atom is 0.248 e. The van der Waals surface area contributed by atoms with Crippen LogP contribution in [0.15, 0.2) is 78.9 Å². The minimum absolute atomic E-state index is 0.213.